The molecule has 4 nitrogen and oxygen atoms in total. The Bertz CT molecular complexity index is 1140. The lowest BCUT2D eigenvalue weighted by Gasteiger charge is -2.46. The van der Waals surface area contributed by atoms with Gasteiger partial charge in [-0.1, -0.05) is 42.5 Å². The van der Waals surface area contributed by atoms with Crippen molar-refractivity contribution in [2.45, 2.75) is 37.6 Å². The van der Waals surface area contributed by atoms with Gasteiger partial charge in [0.25, 0.3) is 0 Å². The molecule has 1 aliphatic carbocycles. The largest absolute Gasteiger partial charge is 0.385 e. The predicted molar refractivity (Wildman–Crippen MR) is 134 cm³/mol. The van der Waals surface area contributed by atoms with Gasteiger partial charge in [0.05, 0.1) is 18.3 Å². The van der Waals surface area contributed by atoms with Crippen molar-refractivity contribution in [1.29, 1.82) is 0 Å². The van der Waals surface area contributed by atoms with Crippen LogP contribution in [-0.4, -0.2) is 60.8 Å². The Balaban J connectivity index is 1.37. The second kappa shape index (κ2) is 10.3. The summed E-state index contributed by atoms with van der Waals surface area (Å²) in [6, 6.07) is 18.3. The number of nitrogens with zero attached hydrogens (tertiary/aromatic N) is 2. The van der Waals surface area contributed by atoms with E-state index in [-0.39, 0.29) is 24.2 Å². The van der Waals surface area contributed by atoms with Gasteiger partial charge in [-0.3, -0.25) is 0 Å². The summed E-state index contributed by atoms with van der Waals surface area (Å²) in [5, 5.41) is 14.4. The first-order valence-electron chi connectivity index (χ1n) is 12.6. The SMILES string of the molecule is CN1CCN(CC2CC(OCc3c(F)cccc3F)CCC2(O)c2ccc3ccccc3c2)CC1. The maximum Gasteiger partial charge on any atom is 0.131 e. The van der Waals surface area contributed by atoms with Crippen LogP contribution in [0.5, 0.6) is 0 Å². The number of halogens is 2. The van der Waals surface area contributed by atoms with Crippen LogP contribution in [0.25, 0.3) is 10.8 Å². The van der Waals surface area contributed by atoms with Gasteiger partial charge in [0, 0.05) is 44.2 Å². The molecule has 1 N–H and O–H groups in total. The van der Waals surface area contributed by atoms with Crippen molar-refractivity contribution in [3.63, 3.8) is 0 Å². The van der Waals surface area contributed by atoms with Crippen LogP contribution in [0.1, 0.15) is 30.4 Å². The van der Waals surface area contributed by atoms with Crippen LogP contribution in [0.15, 0.2) is 60.7 Å². The molecule has 5 rings (SSSR count). The number of likely N-dealkylation sites (N-methyl/N-ethyl adjacent to an activating group) is 1. The Morgan fingerprint density at radius 3 is 2.40 bits per heavy atom. The lowest BCUT2D eigenvalue weighted by atomic mass is 9.70. The molecule has 6 heteroatoms. The fourth-order valence-corrected chi connectivity index (χ4v) is 5.64. The molecule has 0 amide bonds. The van der Waals surface area contributed by atoms with Gasteiger partial charge >= 0.3 is 0 Å². The molecule has 186 valence electrons. The average Bonchev–Trinajstić information content (AvgIpc) is 2.86. The van der Waals surface area contributed by atoms with Crippen LogP contribution in [0, 0.1) is 17.6 Å². The molecule has 1 saturated carbocycles. The highest BCUT2D eigenvalue weighted by Crippen LogP contribution is 2.44. The van der Waals surface area contributed by atoms with Crippen molar-refractivity contribution < 1.29 is 18.6 Å². The van der Waals surface area contributed by atoms with E-state index in [4.69, 9.17) is 4.74 Å². The van der Waals surface area contributed by atoms with Crippen LogP contribution < -0.4 is 0 Å². The minimum Gasteiger partial charge on any atom is -0.385 e. The normalized spacial score (nSPS) is 26.3. The van der Waals surface area contributed by atoms with Gasteiger partial charge in [0.2, 0.25) is 0 Å². The van der Waals surface area contributed by atoms with Gasteiger partial charge < -0.3 is 19.6 Å². The minimum absolute atomic E-state index is 0.0292. The van der Waals surface area contributed by atoms with Crippen LogP contribution >= 0.6 is 0 Å². The van der Waals surface area contributed by atoms with Crippen molar-refractivity contribution in [1.82, 2.24) is 9.80 Å². The summed E-state index contributed by atoms with van der Waals surface area (Å²) >= 11 is 0. The quantitative estimate of drug-likeness (QED) is 0.542. The predicted octanol–water partition coefficient (Wildman–Crippen LogP) is 4.94. The third-order valence-electron chi connectivity index (χ3n) is 7.92. The van der Waals surface area contributed by atoms with Crippen LogP contribution in [-0.2, 0) is 16.9 Å². The van der Waals surface area contributed by atoms with E-state index in [1.54, 1.807) is 0 Å². The molecule has 0 bridgehead atoms. The molecule has 3 atom stereocenters. The maximum atomic E-state index is 14.1. The van der Waals surface area contributed by atoms with E-state index in [0.717, 1.165) is 49.1 Å². The highest BCUT2D eigenvalue weighted by Gasteiger charge is 2.44. The molecule has 3 aromatic rings. The van der Waals surface area contributed by atoms with E-state index in [1.807, 2.05) is 12.1 Å². The zero-order valence-electron chi connectivity index (χ0n) is 20.3. The van der Waals surface area contributed by atoms with Crippen molar-refractivity contribution in [3.05, 3.63) is 83.4 Å². The first-order valence-corrected chi connectivity index (χ1v) is 12.6. The molecule has 2 aliphatic rings. The number of piperazine rings is 1. The number of ether oxygens (including phenoxy) is 1. The average molecular weight is 481 g/mol. The number of benzene rings is 3. The Hall–Kier alpha value is -2.38. The zero-order valence-corrected chi connectivity index (χ0v) is 20.3. The molecule has 0 aromatic heterocycles. The topological polar surface area (TPSA) is 35.9 Å². The number of aliphatic hydroxyl groups is 1. The molecule has 1 saturated heterocycles. The highest BCUT2D eigenvalue weighted by molar-refractivity contribution is 5.83. The van der Waals surface area contributed by atoms with E-state index in [0.29, 0.717) is 19.3 Å². The Morgan fingerprint density at radius 1 is 0.943 bits per heavy atom. The lowest BCUT2D eigenvalue weighted by Crippen LogP contribution is -2.52. The fourth-order valence-electron chi connectivity index (χ4n) is 5.64. The van der Waals surface area contributed by atoms with E-state index in [9.17, 15) is 13.9 Å². The van der Waals surface area contributed by atoms with Gasteiger partial charge in [-0.2, -0.15) is 0 Å². The number of hydrogen-bond donors (Lipinski definition) is 1. The molecule has 1 aliphatic heterocycles. The van der Waals surface area contributed by atoms with Gasteiger partial charge in [0.15, 0.2) is 0 Å². The second-order valence-electron chi connectivity index (χ2n) is 10.2. The first-order chi connectivity index (χ1) is 16.9. The molecule has 3 unspecified atom stereocenters. The zero-order chi connectivity index (χ0) is 24.4. The van der Waals surface area contributed by atoms with E-state index >= 15 is 0 Å². The third kappa shape index (κ3) is 5.26. The summed E-state index contributed by atoms with van der Waals surface area (Å²) in [6.45, 7) is 4.62. The van der Waals surface area contributed by atoms with Gasteiger partial charge in [-0.05, 0) is 60.8 Å². The fraction of sp³-hybridized carbons (Fsp3) is 0.448. The van der Waals surface area contributed by atoms with Gasteiger partial charge in [-0.25, -0.2) is 8.78 Å². The second-order valence-corrected chi connectivity index (χ2v) is 10.2. The minimum atomic E-state index is -0.976. The molecule has 2 fully saturated rings. The summed E-state index contributed by atoms with van der Waals surface area (Å²) in [7, 11) is 2.13. The van der Waals surface area contributed by atoms with Crippen molar-refractivity contribution in [2.75, 3.05) is 39.8 Å². The Morgan fingerprint density at radius 2 is 1.66 bits per heavy atom. The monoisotopic (exact) mass is 480 g/mol. The molecular weight excluding hydrogens is 446 g/mol. The number of rotatable bonds is 6. The van der Waals surface area contributed by atoms with Crippen LogP contribution in [0.4, 0.5) is 8.78 Å². The van der Waals surface area contributed by atoms with Gasteiger partial charge in [-0.15, -0.1) is 0 Å². The van der Waals surface area contributed by atoms with Crippen molar-refractivity contribution in [3.8, 4) is 0 Å². The van der Waals surface area contributed by atoms with Crippen LogP contribution in [0.3, 0.4) is 0 Å². The summed E-state index contributed by atoms with van der Waals surface area (Å²) in [4.78, 5) is 4.75. The summed E-state index contributed by atoms with van der Waals surface area (Å²) in [5.74, 6) is -1.21. The standard InChI is InChI=1S/C29H34F2N2O2/c1-32-13-15-33(16-14-32)19-24-18-25(35-20-26-27(30)7-4-8-28(26)31)11-12-29(24,34)23-10-9-21-5-2-3-6-22(21)17-23/h2-10,17,24-25,34H,11-16,18-20H2,1H3. The molecule has 1 heterocycles. The number of hydrogen-bond acceptors (Lipinski definition) is 4. The summed E-state index contributed by atoms with van der Waals surface area (Å²) in [6.07, 6.45) is 1.67. The molecular formula is C29H34F2N2O2. The van der Waals surface area contributed by atoms with E-state index in [2.05, 4.69) is 47.2 Å². The molecule has 35 heavy (non-hydrogen) atoms. The van der Waals surface area contributed by atoms with E-state index in [1.165, 1.54) is 18.2 Å². The summed E-state index contributed by atoms with van der Waals surface area (Å²) < 4.78 is 34.3. The third-order valence-corrected chi connectivity index (χ3v) is 7.92. The van der Waals surface area contributed by atoms with Gasteiger partial charge in [0.1, 0.15) is 11.6 Å². The van der Waals surface area contributed by atoms with Crippen molar-refractivity contribution in [2.24, 2.45) is 5.92 Å². The van der Waals surface area contributed by atoms with Crippen LogP contribution in [0.2, 0.25) is 0 Å². The first kappa shape index (κ1) is 24.3. The maximum absolute atomic E-state index is 14.1. The number of fused-ring (bicyclic) bond motifs is 1. The Labute approximate surface area is 206 Å². The van der Waals surface area contributed by atoms with Crippen molar-refractivity contribution >= 4 is 10.8 Å². The smallest absolute Gasteiger partial charge is 0.131 e. The summed E-state index contributed by atoms with van der Waals surface area (Å²) in [5.41, 5.74) is -0.0661. The highest BCUT2D eigenvalue weighted by atomic mass is 19.1. The van der Waals surface area contributed by atoms with E-state index < -0.39 is 17.2 Å². The molecule has 0 spiro atoms. The Kier molecular flexibility index (Phi) is 7.17. The lowest BCUT2D eigenvalue weighted by molar-refractivity contribution is -0.115. The molecule has 3 aromatic carbocycles. The molecule has 0 radical (unpaired) electrons.